The summed E-state index contributed by atoms with van der Waals surface area (Å²) >= 11 is 0. The van der Waals surface area contributed by atoms with E-state index in [1.807, 2.05) is 0 Å². The molecule has 88 valence electrons. The van der Waals surface area contributed by atoms with Crippen LogP contribution in [0.25, 0.3) is 0 Å². The van der Waals surface area contributed by atoms with E-state index in [0.717, 1.165) is 25.7 Å². The Bertz CT molecular complexity index is 211. The van der Waals surface area contributed by atoms with Crippen LogP contribution in [0.4, 0.5) is 0 Å². The quantitative estimate of drug-likeness (QED) is 0.498. The van der Waals surface area contributed by atoms with Crippen molar-refractivity contribution in [2.24, 2.45) is 17.6 Å². The third kappa shape index (κ3) is 5.57. The topological polar surface area (TPSA) is 83.5 Å². The number of aliphatic hydroxyl groups excluding tert-OH is 1. The van der Waals surface area contributed by atoms with Gasteiger partial charge in [0.25, 0.3) is 0 Å². The van der Waals surface area contributed by atoms with E-state index in [2.05, 4.69) is 0 Å². The van der Waals surface area contributed by atoms with Crippen LogP contribution in [-0.4, -0.2) is 22.4 Å². The molecule has 1 saturated carbocycles. The van der Waals surface area contributed by atoms with Crippen LogP contribution in [-0.2, 0) is 4.57 Å². The van der Waals surface area contributed by atoms with Gasteiger partial charge in [0.2, 0.25) is 0 Å². The van der Waals surface area contributed by atoms with E-state index in [4.69, 9.17) is 15.7 Å². The van der Waals surface area contributed by atoms with E-state index in [9.17, 15) is 4.57 Å². The van der Waals surface area contributed by atoms with Gasteiger partial charge >= 0.3 is 8.03 Å². The first kappa shape index (κ1) is 13.0. The van der Waals surface area contributed by atoms with Gasteiger partial charge in [-0.25, -0.2) is 0 Å². The summed E-state index contributed by atoms with van der Waals surface area (Å²) in [5, 5.41) is 8.99. The molecule has 0 aliphatic heterocycles. The zero-order valence-corrected chi connectivity index (χ0v) is 9.90. The van der Waals surface area contributed by atoms with E-state index in [-0.39, 0.29) is 0 Å². The van der Waals surface area contributed by atoms with Crippen LogP contribution in [0.1, 0.15) is 38.5 Å². The van der Waals surface area contributed by atoms with Crippen LogP contribution in [0.2, 0.25) is 0 Å². The normalized spacial score (nSPS) is 29.9. The predicted octanol–water partition coefficient (Wildman–Crippen LogP) is 1.58. The van der Waals surface area contributed by atoms with E-state index in [0.29, 0.717) is 24.4 Å². The number of aliphatic hydroxyl groups is 1. The average Bonchev–Trinajstić information content (AvgIpc) is 2.14. The van der Waals surface area contributed by atoms with Gasteiger partial charge in [0.05, 0.1) is 0 Å². The first-order valence-corrected chi connectivity index (χ1v) is 7.05. The molecule has 0 bridgehead atoms. The fourth-order valence-corrected chi connectivity index (χ4v) is 3.23. The lowest BCUT2D eigenvalue weighted by atomic mass is 9.80. The van der Waals surface area contributed by atoms with Gasteiger partial charge in [-0.15, -0.1) is 0 Å². The smallest absolute Gasteiger partial charge is 0.379 e. The predicted molar refractivity (Wildman–Crippen MR) is 59.6 cm³/mol. The van der Waals surface area contributed by atoms with E-state index < -0.39 is 14.3 Å². The molecular weight excluding hydrogens is 213 g/mol. The van der Waals surface area contributed by atoms with Crippen LogP contribution in [0, 0.1) is 11.8 Å². The second-order valence-corrected chi connectivity index (χ2v) is 5.65. The second-order valence-electron chi connectivity index (χ2n) is 4.58. The summed E-state index contributed by atoms with van der Waals surface area (Å²) in [6.07, 6.45) is 5.72. The highest BCUT2D eigenvalue weighted by Gasteiger charge is 2.28. The average molecular weight is 234 g/mol. The summed E-state index contributed by atoms with van der Waals surface area (Å²) in [4.78, 5) is 8.86. The minimum absolute atomic E-state index is 0.396. The molecule has 0 aromatic carbocycles. The lowest BCUT2D eigenvalue weighted by Gasteiger charge is -2.26. The van der Waals surface area contributed by atoms with Crippen molar-refractivity contribution >= 4 is 8.03 Å². The van der Waals surface area contributed by atoms with Crippen LogP contribution < -0.4 is 5.73 Å². The molecule has 5 heteroatoms. The lowest BCUT2D eigenvalue weighted by Crippen LogP contribution is -2.22. The first-order chi connectivity index (χ1) is 7.08. The molecule has 4 unspecified atom stereocenters. The van der Waals surface area contributed by atoms with Gasteiger partial charge in [0.15, 0.2) is 6.16 Å². The Hall–Kier alpha value is -0.0200. The molecule has 1 fully saturated rings. The maximum absolute atomic E-state index is 10.7. The van der Waals surface area contributed by atoms with Gasteiger partial charge in [-0.3, -0.25) is 0 Å². The monoisotopic (exact) mass is 234 g/mol. The minimum atomic E-state index is -1.99. The molecule has 0 saturated heterocycles. The Morgan fingerprint density at radius 3 is 2.67 bits per heavy atom. The first-order valence-electron chi connectivity index (χ1n) is 5.65. The number of hydrogen-bond acceptors (Lipinski definition) is 3. The van der Waals surface area contributed by atoms with Crippen molar-refractivity contribution in [2.75, 3.05) is 6.16 Å². The zero-order chi connectivity index (χ0) is 11.3. The fraction of sp³-hybridized carbons (Fsp3) is 1.00. The highest BCUT2D eigenvalue weighted by molar-refractivity contribution is 7.38. The van der Waals surface area contributed by atoms with Crippen molar-refractivity contribution in [1.82, 2.24) is 0 Å². The number of nitrogens with two attached hydrogens (primary N) is 1. The molecule has 0 amide bonds. The number of rotatable bonds is 5. The maximum atomic E-state index is 10.7. The van der Waals surface area contributed by atoms with Crippen LogP contribution in [0.5, 0.6) is 0 Å². The Morgan fingerprint density at radius 1 is 1.40 bits per heavy atom. The largest absolute Gasteiger partial charge is 0.505 e. The highest BCUT2D eigenvalue weighted by atomic mass is 31.1. The summed E-state index contributed by atoms with van der Waals surface area (Å²) in [5.41, 5.74) is 5.29. The highest BCUT2D eigenvalue weighted by Crippen LogP contribution is 2.35. The van der Waals surface area contributed by atoms with Crippen molar-refractivity contribution < 1.29 is 14.6 Å². The van der Waals surface area contributed by atoms with Crippen LogP contribution in [0.15, 0.2) is 0 Å². The van der Waals surface area contributed by atoms with Crippen molar-refractivity contribution in [3.63, 3.8) is 0 Å². The van der Waals surface area contributed by atoms with Crippen molar-refractivity contribution in [3.05, 3.63) is 0 Å². The van der Waals surface area contributed by atoms with Crippen LogP contribution in [0.3, 0.4) is 0 Å². The Labute approximate surface area is 91.7 Å². The minimum Gasteiger partial charge on any atom is -0.379 e. The van der Waals surface area contributed by atoms with E-state index in [1.54, 1.807) is 0 Å². The number of hydrogen-bond donors (Lipinski definition) is 3. The molecule has 0 heterocycles. The van der Waals surface area contributed by atoms with Gasteiger partial charge in [-0.2, -0.15) is 4.89 Å². The van der Waals surface area contributed by atoms with Gasteiger partial charge in [0, 0.05) is 5.92 Å². The van der Waals surface area contributed by atoms with Crippen molar-refractivity contribution in [2.45, 2.75) is 44.8 Å². The van der Waals surface area contributed by atoms with E-state index in [1.165, 1.54) is 6.42 Å². The third-order valence-corrected chi connectivity index (χ3v) is 4.01. The molecule has 1 rings (SSSR count). The summed E-state index contributed by atoms with van der Waals surface area (Å²) in [6, 6.07) is 0. The molecule has 0 aromatic rings. The zero-order valence-electron chi connectivity index (χ0n) is 9.01. The SMILES string of the molecule is NC(O)CCC1CCCC(C[P+](=O)O)C1. The molecule has 0 spiro atoms. The molecule has 0 radical (unpaired) electrons. The Balaban J connectivity index is 2.25. The molecule has 4 N–H and O–H groups in total. The molecular formula is C10H21NO3P+. The summed E-state index contributed by atoms with van der Waals surface area (Å²) in [6.45, 7) is 0. The molecule has 4 atom stereocenters. The Kier molecular flexibility index (Phi) is 5.69. The van der Waals surface area contributed by atoms with Gasteiger partial charge < -0.3 is 10.8 Å². The van der Waals surface area contributed by atoms with Gasteiger partial charge in [-0.1, -0.05) is 12.8 Å². The standard InChI is InChI=1S/C10H20NO3P/c11-10(12)5-4-8-2-1-3-9(6-8)7-15(13)14/h8-10,12H,1-7,11H2/p+1. The van der Waals surface area contributed by atoms with Crippen LogP contribution >= 0.6 is 8.03 Å². The van der Waals surface area contributed by atoms with E-state index >= 15 is 0 Å². The molecule has 4 nitrogen and oxygen atoms in total. The molecule has 1 aliphatic carbocycles. The maximum Gasteiger partial charge on any atom is 0.505 e. The van der Waals surface area contributed by atoms with Gasteiger partial charge in [0.1, 0.15) is 6.23 Å². The van der Waals surface area contributed by atoms with Crippen molar-refractivity contribution in [1.29, 1.82) is 0 Å². The molecule has 0 aromatic heterocycles. The lowest BCUT2D eigenvalue weighted by molar-refractivity contribution is 0.151. The summed E-state index contributed by atoms with van der Waals surface area (Å²) < 4.78 is 10.7. The fourth-order valence-electron chi connectivity index (χ4n) is 2.46. The summed E-state index contributed by atoms with van der Waals surface area (Å²) in [7, 11) is -1.99. The second kappa shape index (κ2) is 6.54. The molecule has 1 aliphatic rings. The Morgan fingerprint density at radius 2 is 2.07 bits per heavy atom. The molecule has 15 heavy (non-hydrogen) atoms. The van der Waals surface area contributed by atoms with Crippen molar-refractivity contribution in [3.8, 4) is 0 Å². The summed E-state index contributed by atoms with van der Waals surface area (Å²) in [5.74, 6) is 0.976. The third-order valence-electron chi connectivity index (χ3n) is 3.18. The van der Waals surface area contributed by atoms with Gasteiger partial charge in [-0.05, 0) is 36.2 Å².